The molecule has 0 heterocycles. The first-order chi connectivity index (χ1) is 10.2. The molecule has 6 nitrogen and oxygen atoms in total. The van der Waals surface area contributed by atoms with Crippen molar-refractivity contribution >= 4 is 28.3 Å². The lowest BCUT2D eigenvalue weighted by Crippen LogP contribution is -2.40. The van der Waals surface area contributed by atoms with Gasteiger partial charge in [0.2, 0.25) is 10.0 Å². The van der Waals surface area contributed by atoms with Gasteiger partial charge in [0.25, 0.3) is 5.91 Å². The molecule has 0 spiro atoms. The van der Waals surface area contributed by atoms with Gasteiger partial charge in [0, 0.05) is 17.6 Å². The molecule has 1 aromatic rings. The number of sulfonamides is 1. The Hall–Kier alpha value is -1.15. The standard InChI is InChI=1S/C15H23N3O3S.ClH/c1-9-7-11(8-14(10(9)2)22(17,20)21)15(19)18-13-5-3-12(16)4-6-13;/h7-8,12-13H,3-6,16H2,1-2H3,(H,18,19)(H2,17,20,21);1H. The van der Waals surface area contributed by atoms with Crippen LogP contribution in [-0.4, -0.2) is 26.4 Å². The van der Waals surface area contributed by atoms with E-state index < -0.39 is 10.0 Å². The van der Waals surface area contributed by atoms with Crippen molar-refractivity contribution in [2.24, 2.45) is 10.9 Å². The number of primary sulfonamides is 1. The van der Waals surface area contributed by atoms with Crippen LogP contribution in [0.3, 0.4) is 0 Å². The van der Waals surface area contributed by atoms with Crippen LogP contribution in [0.15, 0.2) is 17.0 Å². The van der Waals surface area contributed by atoms with Crippen LogP contribution in [0.4, 0.5) is 0 Å². The lowest BCUT2D eigenvalue weighted by atomic mass is 9.91. The summed E-state index contributed by atoms with van der Waals surface area (Å²) < 4.78 is 23.3. The molecule has 1 fully saturated rings. The van der Waals surface area contributed by atoms with Crippen molar-refractivity contribution in [3.63, 3.8) is 0 Å². The average Bonchev–Trinajstić information content (AvgIpc) is 2.42. The molecule has 0 saturated heterocycles. The van der Waals surface area contributed by atoms with E-state index in [0.29, 0.717) is 11.1 Å². The summed E-state index contributed by atoms with van der Waals surface area (Å²) in [6.45, 7) is 3.44. The molecule has 0 aromatic heterocycles. The van der Waals surface area contributed by atoms with Crippen molar-refractivity contribution in [1.82, 2.24) is 5.32 Å². The number of hydrogen-bond acceptors (Lipinski definition) is 4. The van der Waals surface area contributed by atoms with Gasteiger partial charge in [-0.1, -0.05) is 0 Å². The first-order valence-electron chi connectivity index (χ1n) is 7.39. The van der Waals surface area contributed by atoms with Crippen molar-refractivity contribution in [3.8, 4) is 0 Å². The van der Waals surface area contributed by atoms with Gasteiger partial charge in [0.15, 0.2) is 0 Å². The van der Waals surface area contributed by atoms with Crippen molar-refractivity contribution < 1.29 is 13.2 Å². The smallest absolute Gasteiger partial charge is 0.251 e. The normalized spacial score (nSPS) is 21.4. The third-order valence-corrected chi connectivity index (χ3v) is 5.33. The van der Waals surface area contributed by atoms with Crippen LogP contribution in [0.2, 0.25) is 0 Å². The van der Waals surface area contributed by atoms with E-state index >= 15 is 0 Å². The van der Waals surface area contributed by atoms with Crippen LogP contribution < -0.4 is 16.2 Å². The van der Waals surface area contributed by atoms with Gasteiger partial charge in [0.1, 0.15) is 0 Å². The number of benzene rings is 1. The Morgan fingerprint density at radius 1 is 1.17 bits per heavy atom. The number of carbonyl (C=O) groups is 1. The van der Waals surface area contributed by atoms with Crippen LogP contribution in [0.5, 0.6) is 0 Å². The fraction of sp³-hybridized carbons (Fsp3) is 0.533. The number of nitrogens with two attached hydrogens (primary N) is 2. The zero-order chi connectivity index (χ0) is 16.5. The second-order valence-electron chi connectivity index (χ2n) is 6.05. The summed E-state index contributed by atoms with van der Waals surface area (Å²) in [4.78, 5) is 12.4. The molecule has 0 aliphatic heterocycles. The number of nitrogens with one attached hydrogen (secondary N) is 1. The molecule has 1 aliphatic rings. The van der Waals surface area contributed by atoms with E-state index in [9.17, 15) is 13.2 Å². The number of hydrogen-bond donors (Lipinski definition) is 3. The van der Waals surface area contributed by atoms with Gasteiger partial charge < -0.3 is 11.1 Å². The maximum absolute atomic E-state index is 12.4. The van der Waals surface area contributed by atoms with E-state index in [1.54, 1.807) is 19.9 Å². The highest BCUT2D eigenvalue weighted by Crippen LogP contribution is 2.21. The lowest BCUT2D eigenvalue weighted by Gasteiger charge is -2.27. The second-order valence-corrected chi connectivity index (χ2v) is 7.58. The Bertz CT molecular complexity index is 683. The van der Waals surface area contributed by atoms with Gasteiger partial charge in [-0.2, -0.15) is 0 Å². The van der Waals surface area contributed by atoms with E-state index in [1.807, 2.05) is 0 Å². The van der Waals surface area contributed by atoms with E-state index in [1.165, 1.54) is 6.07 Å². The largest absolute Gasteiger partial charge is 0.349 e. The molecular formula is C15H24ClN3O3S. The van der Waals surface area contributed by atoms with Crippen LogP contribution in [-0.2, 0) is 10.0 Å². The Labute approximate surface area is 143 Å². The Kier molecular flexibility index (Phi) is 6.59. The maximum Gasteiger partial charge on any atom is 0.251 e. The highest BCUT2D eigenvalue weighted by Gasteiger charge is 2.22. The molecule has 130 valence electrons. The first kappa shape index (κ1) is 19.9. The SMILES string of the molecule is Cc1cc(C(=O)NC2CCC(N)CC2)cc(S(N)(=O)=O)c1C.Cl. The Morgan fingerprint density at radius 2 is 1.74 bits per heavy atom. The van der Waals surface area contributed by atoms with Crippen LogP contribution in [0.1, 0.15) is 47.2 Å². The number of rotatable bonds is 3. The summed E-state index contributed by atoms with van der Waals surface area (Å²) in [5.41, 5.74) is 7.47. The summed E-state index contributed by atoms with van der Waals surface area (Å²) >= 11 is 0. The molecular weight excluding hydrogens is 338 g/mol. The molecule has 23 heavy (non-hydrogen) atoms. The number of halogens is 1. The second kappa shape index (κ2) is 7.61. The topological polar surface area (TPSA) is 115 Å². The molecule has 5 N–H and O–H groups in total. The highest BCUT2D eigenvalue weighted by molar-refractivity contribution is 7.89. The van der Waals surface area contributed by atoms with Gasteiger partial charge in [-0.15, -0.1) is 12.4 Å². The minimum absolute atomic E-state index is 0. The zero-order valence-electron chi connectivity index (χ0n) is 13.3. The predicted molar refractivity (Wildman–Crippen MR) is 92.2 cm³/mol. The minimum Gasteiger partial charge on any atom is -0.349 e. The summed E-state index contributed by atoms with van der Waals surface area (Å²) in [6, 6.07) is 3.34. The van der Waals surface area contributed by atoms with Gasteiger partial charge in [-0.05, 0) is 62.8 Å². The quantitative estimate of drug-likeness (QED) is 0.754. The lowest BCUT2D eigenvalue weighted by molar-refractivity contribution is 0.0925. The molecule has 1 aliphatic carbocycles. The first-order valence-corrected chi connectivity index (χ1v) is 8.93. The Morgan fingerprint density at radius 3 is 2.26 bits per heavy atom. The van der Waals surface area contributed by atoms with Crippen LogP contribution in [0, 0.1) is 13.8 Å². The van der Waals surface area contributed by atoms with Crippen LogP contribution in [0.25, 0.3) is 0 Å². The third kappa shape index (κ3) is 4.91. The minimum atomic E-state index is -3.85. The number of carbonyl (C=O) groups excluding carboxylic acids is 1. The van der Waals surface area contributed by atoms with Crippen molar-refractivity contribution in [1.29, 1.82) is 0 Å². The van der Waals surface area contributed by atoms with Gasteiger partial charge in [-0.3, -0.25) is 4.79 Å². The van der Waals surface area contributed by atoms with Crippen LogP contribution >= 0.6 is 12.4 Å². The molecule has 1 amide bonds. The molecule has 8 heteroatoms. The Balaban J connectivity index is 0.00000264. The summed E-state index contributed by atoms with van der Waals surface area (Å²) in [5, 5.41) is 8.17. The van der Waals surface area contributed by atoms with Gasteiger partial charge >= 0.3 is 0 Å². The fourth-order valence-corrected chi connectivity index (χ4v) is 3.66. The zero-order valence-corrected chi connectivity index (χ0v) is 15.0. The fourth-order valence-electron chi connectivity index (χ4n) is 2.79. The average molecular weight is 362 g/mol. The van der Waals surface area contributed by atoms with Crippen molar-refractivity contribution in [2.75, 3.05) is 0 Å². The molecule has 1 saturated carbocycles. The summed E-state index contributed by atoms with van der Waals surface area (Å²) in [5.74, 6) is -0.270. The monoisotopic (exact) mass is 361 g/mol. The van der Waals surface area contributed by atoms with Gasteiger partial charge in [0.05, 0.1) is 4.90 Å². The maximum atomic E-state index is 12.4. The molecule has 2 rings (SSSR count). The number of amides is 1. The van der Waals surface area contributed by atoms with E-state index in [-0.39, 0.29) is 35.3 Å². The van der Waals surface area contributed by atoms with E-state index in [2.05, 4.69) is 5.32 Å². The van der Waals surface area contributed by atoms with Gasteiger partial charge in [-0.25, -0.2) is 13.6 Å². The van der Waals surface area contributed by atoms with Crippen molar-refractivity contribution in [2.45, 2.75) is 56.5 Å². The third-order valence-electron chi connectivity index (χ3n) is 4.30. The summed E-state index contributed by atoms with van der Waals surface area (Å²) in [6.07, 6.45) is 3.47. The molecule has 0 bridgehead atoms. The van der Waals surface area contributed by atoms with E-state index in [4.69, 9.17) is 10.9 Å². The highest BCUT2D eigenvalue weighted by atomic mass is 35.5. The molecule has 0 atom stereocenters. The molecule has 1 aromatic carbocycles. The number of aryl methyl sites for hydroxylation is 1. The molecule has 0 radical (unpaired) electrons. The summed E-state index contributed by atoms with van der Waals surface area (Å²) in [7, 11) is -3.85. The van der Waals surface area contributed by atoms with E-state index in [0.717, 1.165) is 31.2 Å². The van der Waals surface area contributed by atoms with Crippen molar-refractivity contribution in [3.05, 3.63) is 28.8 Å². The predicted octanol–water partition coefficient (Wildman–Crippen LogP) is 1.37. The molecule has 0 unspecified atom stereocenters.